The fourth-order valence-corrected chi connectivity index (χ4v) is 2.83. The van der Waals surface area contributed by atoms with Gasteiger partial charge in [-0.1, -0.05) is 41.4 Å². The van der Waals surface area contributed by atoms with Gasteiger partial charge in [0.1, 0.15) is 5.65 Å². The quantitative estimate of drug-likeness (QED) is 0.795. The number of halogens is 1. The second kappa shape index (κ2) is 5.51. The van der Waals surface area contributed by atoms with E-state index < -0.39 is 6.10 Å². The number of pyridine rings is 1. The van der Waals surface area contributed by atoms with E-state index in [2.05, 4.69) is 30.1 Å². The van der Waals surface area contributed by atoms with Crippen molar-refractivity contribution in [2.24, 2.45) is 0 Å². The topological polar surface area (TPSA) is 37.5 Å². The van der Waals surface area contributed by atoms with Crippen molar-refractivity contribution < 1.29 is 5.11 Å². The molecule has 2 aromatic heterocycles. The summed E-state index contributed by atoms with van der Waals surface area (Å²) in [4.78, 5) is 4.64. The minimum Gasteiger partial charge on any atom is -0.387 e. The molecule has 108 valence electrons. The molecule has 0 radical (unpaired) electrons. The number of aliphatic hydroxyl groups is 1. The van der Waals surface area contributed by atoms with Crippen molar-refractivity contribution in [3.63, 3.8) is 0 Å². The van der Waals surface area contributed by atoms with Gasteiger partial charge in [0.25, 0.3) is 0 Å². The maximum atomic E-state index is 10.1. The fraction of sp³-hybridized carbons (Fsp3) is 0.235. The monoisotopic (exact) mass is 300 g/mol. The Morgan fingerprint density at radius 1 is 1.29 bits per heavy atom. The summed E-state index contributed by atoms with van der Waals surface area (Å²) in [6.45, 7) is 3.83. The van der Waals surface area contributed by atoms with Crippen LogP contribution in [0.25, 0.3) is 5.65 Å². The van der Waals surface area contributed by atoms with E-state index in [1.54, 1.807) is 13.1 Å². The van der Waals surface area contributed by atoms with Gasteiger partial charge in [0.15, 0.2) is 0 Å². The summed E-state index contributed by atoms with van der Waals surface area (Å²) < 4.78 is 1.87. The van der Waals surface area contributed by atoms with E-state index in [1.807, 2.05) is 22.6 Å². The van der Waals surface area contributed by atoms with Crippen molar-refractivity contribution in [2.45, 2.75) is 26.4 Å². The average molecular weight is 301 g/mol. The summed E-state index contributed by atoms with van der Waals surface area (Å²) in [6.07, 6.45) is 1.89. The molecular weight excluding hydrogens is 284 g/mol. The lowest BCUT2D eigenvalue weighted by atomic mass is 10.0. The molecule has 0 saturated carbocycles. The lowest BCUT2D eigenvalue weighted by Crippen LogP contribution is -2.02. The second-order valence-corrected chi connectivity index (χ2v) is 5.80. The van der Waals surface area contributed by atoms with Gasteiger partial charge in [0.05, 0.1) is 22.5 Å². The van der Waals surface area contributed by atoms with Crippen LogP contribution in [0.5, 0.6) is 0 Å². The Morgan fingerprint density at radius 3 is 2.81 bits per heavy atom. The lowest BCUT2D eigenvalue weighted by molar-refractivity contribution is 0.192. The first kappa shape index (κ1) is 14.1. The Labute approximate surface area is 128 Å². The minimum absolute atomic E-state index is 0.599. The number of aryl methyl sites for hydroxylation is 1. The van der Waals surface area contributed by atoms with Crippen molar-refractivity contribution in [1.29, 1.82) is 0 Å². The van der Waals surface area contributed by atoms with Crippen LogP contribution in [-0.2, 0) is 6.42 Å². The number of hydrogen-bond donors (Lipinski definition) is 1. The van der Waals surface area contributed by atoms with Gasteiger partial charge < -0.3 is 5.11 Å². The van der Waals surface area contributed by atoms with Gasteiger partial charge in [-0.05, 0) is 31.5 Å². The average Bonchev–Trinajstić information content (AvgIpc) is 2.75. The van der Waals surface area contributed by atoms with Crippen LogP contribution >= 0.6 is 11.6 Å². The van der Waals surface area contributed by atoms with Crippen LogP contribution in [0.15, 0.2) is 42.6 Å². The first-order chi connectivity index (χ1) is 10.0. The molecule has 2 heterocycles. The van der Waals surface area contributed by atoms with E-state index in [0.29, 0.717) is 11.4 Å². The lowest BCUT2D eigenvalue weighted by Gasteiger charge is -2.08. The van der Waals surface area contributed by atoms with Crippen molar-refractivity contribution >= 4 is 17.2 Å². The molecule has 0 aliphatic rings. The molecule has 0 saturated heterocycles. The van der Waals surface area contributed by atoms with E-state index in [-0.39, 0.29) is 0 Å². The number of aliphatic hydroxyl groups excluding tert-OH is 1. The molecule has 21 heavy (non-hydrogen) atoms. The van der Waals surface area contributed by atoms with Gasteiger partial charge in [0.2, 0.25) is 0 Å². The van der Waals surface area contributed by atoms with Crippen molar-refractivity contribution in [1.82, 2.24) is 9.38 Å². The molecule has 1 N–H and O–H groups in total. The molecular formula is C17H17ClN2O. The van der Waals surface area contributed by atoms with Gasteiger partial charge in [-0.25, -0.2) is 4.98 Å². The Bertz CT molecular complexity index is 793. The smallest absolute Gasteiger partial charge is 0.137 e. The largest absolute Gasteiger partial charge is 0.387 e. The third-order valence-corrected chi connectivity index (χ3v) is 3.77. The molecule has 0 fully saturated rings. The van der Waals surface area contributed by atoms with Gasteiger partial charge >= 0.3 is 0 Å². The molecule has 1 atom stereocenters. The first-order valence-corrected chi connectivity index (χ1v) is 7.32. The molecule has 0 aliphatic heterocycles. The number of nitrogens with zero attached hydrogens (tertiary/aromatic N) is 2. The number of benzene rings is 1. The number of imidazole rings is 1. The standard InChI is InChI=1S/C17H17ClN2O/c1-11-4-3-5-13(8-11)9-15-17(12(2)21)20-10-14(18)6-7-16(20)19-15/h3-8,10,12,21H,9H2,1-2H3. The Kier molecular flexibility index (Phi) is 3.70. The maximum Gasteiger partial charge on any atom is 0.137 e. The summed E-state index contributed by atoms with van der Waals surface area (Å²) in [5, 5.41) is 10.7. The Morgan fingerprint density at radius 2 is 2.10 bits per heavy atom. The zero-order valence-electron chi connectivity index (χ0n) is 12.0. The van der Waals surface area contributed by atoms with Crippen molar-refractivity contribution in [3.8, 4) is 0 Å². The van der Waals surface area contributed by atoms with E-state index in [9.17, 15) is 5.11 Å². The van der Waals surface area contributed by atoms with Crippen LogP contribution in [-0.4, -0.2) is 14.5 Å². The SMILES string of the molecule is Cc1cccc(Cc2nc3ccc(Cl)cn3c2C(C)O)c1. The summed E-state index contributed by atoms with van der Waals surface area (Å²) in [5.41, 5.74) is 4.90. The fourth-order valence-electron chi connectivity index (χ4n) is 2.67. The highest BCUT2D eigenvalue weighted by Crippen LogP contribution is 2.24. The van der Waals surface area contributed by atoms with Crippen LogP contribution in [0, 0.1) is 6.92 Å². The predicted molar refractivity (Wildman–Crippen MR) is 84.8 cm³/mol. The van der Waals surface area contributed by atoms with Crippen molar-refractivity contribution in [3.05, 3.63) is 70.1 Å². The molecule has 1 aromatic carbocycles. The molecule has 3 rings (SSSR count). The highest BCUT2D eigenvalue weighted by molar-refractivity contribution is 6.30. The van der Waals surface area contributed by atoms with E-state index in [0.717, 1.165) is 17.0 Å². The second-order valence-electron chi connectivity index (χ2n) is 5.36. The predicted octanol–water partition coefficient (Wildman–Crippen LogP) is 3.94. The number of aromatic nitrogens is 2. The number of rotatable bonds is 3. The number of fused-ring (bicyclic) bond motifs is 1. The van der Waals surface area contributed by atoms with Crippen LogP contribution in [0.3, 0.4) is 0 Å². The molecule has 1 unspecified atom stereocenters. The normalized spacial score (nSPS) is 12.8. The van der Waals surface area contributed by atoms with Gasteiger partial charge in [0, 0.05) is 12.6 Å². The summed E-state index contributed by atoms with van der Waals surface area (Å²) in [7, 11) is 0. The summed E-state index contributed by atoms with van der Waals surface area (Å²) >= 11 is 6.06. The van der Waals surface area contributed by atoms with Crippen molar-refractivity contribution in [2.75, 3.05) is 0 Å². The Balaban J connectivity index is 2.11. The molecule has 3 aromatic rings. The van der Waals surface area contributed by atoms with E-state index in [4.69, 9.17) is 11.6 Å². The highest BCUT2D eigenvalue weighted by Gasteiger charge is 2.17. The zero-order chi connectivity index (χ0) is 15.0. The third kappa shape index (κ3) is 2.80. The number of hydrogen-bond acceptors (Lipinski definition) is 2. The molecule has 0 amide bonds. The molecule has 4 heteroatoms. The van der Waals surface area contributed by atoms with E-state index >= 15 is 0 Å². The molecule has 0 bridgehead atoms. The zero-order valence-corrected chi connectivity index (χ0v) is 12.8. The highest BCUT2D eigenvalue weighted by atomic mass is 35.5. The van der Waals surface area contributed by atoms with E-state index in [1.165, 1.54) is 11.1 Å². The summed E-state index contributed by atoms with van der Waals surface area (Å²) in [5.74, 6) is 0. The molecule has 0 aliphatic carbocycles. The van der Waals surface area contributed by atoms with Gasteiger partial charge in [-0.2, -0.15) is 0 Å². The van der Waals surface area contributed by atoms with Gasteiger partial charge in [-0.15, -0.1) is 0 Å². The third-order valence-electron chi connectivity index (χ3n) is 3.55. The Hall–Kier alpha value is -1.84. The molecule has 3 nitrogen and oxygen atoms in total. The van der Waals surface area contributed by atoms with Crippen LogP contribution in [0.4, 0.5) is 0 Å². The maximum absolute atomic E-state index is 10.1. The minimum atomic E-state index is -0.599. The molecule has 0 spiro atoms. The summed E-state index contributed by atoms with van der Waals surface area (Å²) in [6, 6.07) is 12.0. The van der Waals surface area contributed by atoms with Crippen LogP contribution < -0.4 is 0 Å². The van der Waals surface area contributed by atoms with Crippen LogP contribution in [0.2, 0.25) is 5.02 Å². The van der Waals surface area contributed by atoms with Crippen LogP contribution in [0.1, 0.15) is 35.5 Å². The first-order valence-electron chi connectivity index (χ1n) is 6.94. The van der Waals surface area contributed by atoms with Gasteiger partial charge in [-0.3, -0.25) is 4.40 Å².